The first-order chi connectivity index (χ1) is 7.46. The summed E-state index contributed by atoms with van der Waals surface area (Å²) in [6.45, 7) is 0.252. The maximum Gasteiger partial charge on any atom is 0.234 e. The monoisotopic (exact) mass is 309 g/mol. The molecular formula is C10H13BrFNO2S. The summed E-state index contributed by atoms with van der Waals surface area (Å²) >= 11 is 3.26. The van der Waals surface area contributed by atoms with Crippen LogP contribution < -0.4 is 0 Å². The Labute approximate surface area is 103 Å². The van der Waals surface area contributed by atoms with Gasteiger partial charge in [0, 0.05) is 19.5 Å². The standard InChI is InChI=1S/C10H13BrFNO2S/c11-10(5-2-1-3-6-10)16(14,15)13-7-4-9(12)8-13/h1-3,5,9H,4,6-8H2/t9-,10?/m1/s1. The van der Waals surface area contributed by atoms with E-state index in [1.165, 1.54) is 4.31 Å². The Morgan fingerprint density at radius 2 is 2.19 bits per heavy atom. The third kappa shape index (κ3) is 1.98. The van der Waals surface area contributed by atoms with Crippen molar-refractivity contribution in [2.24, 2.45) is 0 Å². The van der Waals surface area contributed by atoms with Crippen molar-refractivity contribution in [3.05, 3.63) is 24.3 Å². The molecule has 6 heteroatoms. The summed E-state index contributed by atoms with van der Waals surface area (Å²) in [7, 11) is -3.52. The van der Waals surface area contributed by atoms with Crippen LogP contribution in [0.1, 0.15) is 12.8 Å². The van der Waals surface area contributed by atoms with Crippen molar-refractivity contribution >= 4 is 26.0 Å². The number of sulfonamides is 1. The minimum absolute atomic E-state index is 0.0206. The molecule has 0 bridgehead atoms. The molecule has 1 unspecified atom stereocenters. The minimum Gasteiger partial charge on any atom is -0.246 e. The van der Waals surface area contributed by atoms with Gasteiger partial charge in [-0.25, -0.2) is 12.8 Å². The number of rotatable bonds is 2. The number of allylic oxidation sites excluding steroid dienone is 3. The predicted molar refractivity (Wildman–Crippen MR) is 64.6 cm³/mol. The van der Waals surface area contributed by atoms with Gasteiger partial charge in [0.15, 0.2) is 3.66 Å². The highest BCUT2D eigenvalue weighted by atomic mass is 79.9. The van der Waals surface area contributed by atoms with Crippen LogP contribution in [0.5, 0.6) is 0 Å². The molecule has 90 valence electrons. The second-order valence-electron chi connectivity index (χ2n) is 4.03. The van der Waals surface area contributed by atoms with E-state index >= 15 is 0 Å². The summed E-state index contributed by atoms with van der Waals surface area (Å²) in [5.74, 6) is 0. The van der Waals surface area contributed by atoms with Crippen LogP contribution in [0.3, 0.4) is 0 Å². The SMILES string of the molecule is O=S(=O)(N1CC[C@@H](F)C1)C1(Br)C=CC=CC1. The molecule has 1 fully saturated rings. The maximum absolute atomic E-state index is 13.0. The Balaban J connectivity index is 2.25. The normalized spacial score (nSPS) is 35.8. The van der Waals surface area contributed by atoms with E-state index in [2.05, 4.69) is 15.9 Å². The van der Waals surface area contributed by atoms with Crippen molar-refractivity contribution in [2.45, 2.75) is 22.7 Å². The van der Waals surface area contributed by atoms with E-state index in [0.717, 1.165) is 0 Å². The highest BCUT2D eigenvalue weighted by Crippen LogP contribution is 2.37. The number of hydrogen-bond acceptors (Lipinski definition) is 2. The summed E-state index contributed by atoms with van der Waals surface area (Å²) in [6, 6.07) is 0. The Morgan fingerprint density at radius 3 is 2.69 bits per heavy atom. The zero-order valence-corrected chi connectivity index (χ0v) is 11.0. The lowest BCUT2D eigenvalue weighted by Gasteiger charge is -2.29. The van der Waals surface area contributed by atoms with Gasteiger partial charge in [0.2, 0.25) is 10.0 Å². The van der Waals surface area contributed by atoms with Gasteiger partial charge in [0.05, 0.1) is 0 Å². The molecule has 2 rings (SSSR count). The molecule has 0 saturated carbocycles. The fourth-order valence-corrected chi connectivity index (χ4v) is 4.53. The van der Waals surface area contributed by atoms with E-state index in [1.54, 1.807) is 24.3 Å². The lowest BCUT2D eigenvalue weighted by molar-refractivity contribution is 0.342. The Morgan fingerprint density at radius 1 is 1.44 bits per heavy atom. The van der Waals surface area contributed by atoms with E-state index in [-0.39, 0.29) is 13.1 Å². The van der Waals surface area contributed by atoms with Gasteiger partial charge >= 0.3 is 0 Å². The lowest BCUT2D eigenvalue weighted by atomic mass is 10.2. The predicted octanol–water partition coefficient (Wildman–Crippen LogP) is 1.97. The second-order valence-corrected chi connectivity index (χ2v) is 8.16. The summed E-state index contributed by atoms with van der Waals surface area (Å²) in [5.41, 5.74) is 0. The third-order valence-electron chi connectivity index (χ3n) is 2.85. The van der Waals surface area contributed by atoms with E-state index in [1.807, 2.05) is 0 Å². The van der Waals surface area contributed by atoms with Crippen LogP contribution in [0.15, 0.2) is 24.3 Å². The van der Waals surface area contributed by atoms with Crippen molar-refractivity contribution < 1.29 is 12.8 Å². The number of nitrogens with zero attached hydrogens (tertiary/aromatic N) is 1. The molecule has 0 radical (unpaired) electrons. The van der Waals surface area contributed by atoms with Crippen LogP contribution in [0.25, 0.3) is 0 Å². The van der Waals surface area contributed by atoms with Gasteiger partial charge in [-0.2, -0.15) is 4.31 Å². The van der Waals surface area contributed by atoms with Crippen molar-refractivity contribution in [3.63, 3.8) is 0 Å². The zero-order chi connectivity index (χ0) is 11.8. The maximum atomic E-state index is 13.0. The first-order valence-electron chi connectivity index (χ1n) is 5.13. The molecule has 2 aliphatic rings. The molecule has 0 N–H and O–H groups in total. The quantitative estimate of drug-likeness (QED) is 0.731. The highest BCUT2D eigenvalue weighted by Gasteiger charge is 2.45. The summed E-state index contributed by atoms with van der Waals surface area (Å²) in [6.07, 6.45) is 6.52. The Kier molecular flexibility index (Phi) is 3.25. The molecule has 3 nitrogen and oxygen atoms in total. The molecular weight excluding hydrogens is 297 g/mol. The van der Waals surface area contributed by atoms with Crippen LogP contribution >= 0.6 is 15.9 Å². The second kappa shape index (κ2) is 4.23. The molecule has 0 aromatic heterocycles. The van der Waals surface area contributed by atoms with Crippen LogP contribution in [0, 0.1) is 0 Å². The van der Waals surface area contributed by atoms with E-state index < -0.39 is 19.9 Å². The molecule has 0 spiro atoms. The summed E-state index contributed by atoms with van der Waals surface area (Å²) in [4.78, 5) is 0. The van der Waals surface area contributed by atoms with Crippen LogP contribution in [-0.2, 0) is 10.0 Å². The summed E-state index contributed by atoms with van der Waals surface area (Å²) in [5, 5.41) is 0. The molecule has 1 aliphatic carbocycles. The fraction of sp³-hybridized carbons (Fsp3) is 0.600. The van der Waals surface area contributed by atoms with E-state index in [4.69, 9.17) is 0 Å². The molecule has 1 heterocycles. The number of alkyl halides is 2. The molecule has 2 atom stereocenters. The highest BCUT2D eigenvalue weighted by molar-refractivity contribution is 9.11. The lowest BCUT2D eigenvalue weighted by Crippen LogP contribution is -2.42. The third-order valence-corrected chi connectivity index (χ3v) is 6.84. The van der Waals surface area contributed by atoms with E-state index in [9.17, 15) is 12.8 Å². The largest absolute Gasteiger partial charge is 0.246 e. The van der Waals surface area contributed by atoms with Gasteiger partial charge in [-0.3, -0.25) is 0 Å². The molecule has 1 aliphatic heterocycles. The van der Waals surface area contributed by atoms with Crippen LogP contribution in [-0.4, -0.2) is 35.6 Å². The first-order valence-corrected chi connectivity index (χ1v) is 7.36. The van der Waals surface area contributed by atoms with Crippen molar-refractivity contribution in [2.75, 3.05) is 13.1 Å². The first kappa shape index (κ1) is 12.3. The average molecular weight is 310 g/mol. The number of halogens is 2. The Bertz CT molecular complexity index is 434. The van der Waals surface area contributed by atoms with Gasteiger partial charge < -0.3 is 0 Å². The Hall–Kier alpha value is -0.200. The topological polar surface area (TPSA) is 37.4 Å². The molecule has 0 aromatic rings. The van der Waals surface area contributed by atoms with Crippen LogP contribution in [0.2, 0.25) is 0 Å². The van der Waals surface area contributed by atoms with Crippen LogP contribution in [0.4, 0.5) is 4.39 Å². The molecule has 16 heavy (non-hydrogen) atoms. The van der Waals surface area contributed by atoms with Gasteiger partial charge in [0.1, 0.15) is 6.17 Å². The van der Waals surface area contributed by atoms with Crippen molar-refractivity contribution in [1.82, 2.24) is 4.31 Å². The molecule has 0 aromatic carbocycles. The fourth-order valence-electron chi connectivity index (χ4n) is 1.89. The van der Waals surface area contributed by atoms with Crippen molar-refractivity contribution in [1.29, 1.82) is 0 Å². The van der Waals surface area contributed by atoms with Gasteiger partial charge in [-0.15, -0.1) is 0 Å². The molecule has 1 saturated heterocycles. The number of hydrogen-bond donors (Lipinski definition) is 0. The van der Waals surface area contributed by atoms with Gasteiger partial charge in [0.25, 0.3) is 0 Å². The van der Waals surface area contributed by atoms with Gasteiger partial charge in [-0.05, 0) is 6.42 Å². The summed E-state index contributed by atoms with van der Waals surface area (Å²) < 4.78 is 37.7. The average Bonchev–Trinajstić information content (AvgIpc) is 2.66. The zero-order valence-electron chi connectivity index (χ0n) is 8.64. The minimum atomic E-state index is -3.52. The van der Waals surface area contributed by atoms with E-state index in [0.29, 0.717) is 12.8 Å². The smallest absolute Gasteiger partial charge is 0.234 e. The van der Waals surface area contributed by atoms with Crippen molar-refractivity contribution in [3.8, 4) is 0 Å². The molecule has 0 amide bonds. The van der Waals surface area contributed by atoms with Gasteiger partial charge in [-0.1, -0.05) is 40.2 Å².